The molecule has 1 aromatic carbocycles. The van der Waals surface area contributed by atoms with Gasteiger partial charge in [-0.3, -0.25) is 9.59 Å². The second-order valence-electron chi connectivity index (χ2n) is 4.78. The van der Waals surface area contributed by atoms with Gasteiger partial charge in [0.2, 0.25) is 5.91 Å². The minimum atomic E-state index is -0.639. The third kappa shape index (κ3) is 4.29. The van der Waals surface area contributed by atoms with Crippen LogP contribution in [-0.2, 0) is 19.1 Å². The SMILES string of the molecule is Cc1cc(NC(=O)COC(=O)[C@@H]2CCC(=O)N2)ccc1Br. The molecule has 0 bridgehead atoms. The smallest absolute Gasteiger partial charge is 0.329 e. The third-order valence-corrected chi connectivity index (χ3v) is 3.96. The summed E-state index contributed by atoms with van der Waals surface area (Å²) < 4.78 is 5.84. The Balaban J connectivity index is 1.80. The van der Waals surface area contributed by atoms with Crippen LogP contribution in [0.2, 0.25) is 0 Å². The van der Waals surface area contributed by atoms with Crippen molar-refractivity contribution in [2.24, 2.45) is 0 Å². The summed E-state index contributed by atoms with van der Waals surface area (Å²) >= 11 is 3.37. The molecule has 7 heteroatoms. The van der Waals surface area contributed by atoms with E-state index in [0.717, 1.165) is 10.0 Å². The number of halogens is 1. The molecule has 1 aliphatic heterocycles. The number of aryl methyl sites for hydroxylation is 1. The van der Waals surface area contributed by atoms with E-state index in [0.29, 0.717) is 18.5 Å². The van der Waals surface area contributed by atoms with Gasteiger partial charge in [0, 0.05) is 16.6 Å². The van der Waals surface area contributed by atoms with Gasteiger partial charge in [-0.2, -0.15) is 0 Å². The van der Waals surface area contributed by atoms with Crippen LogP contribution in [-0.4, -0.2) is 30.4 Å². The van der Waals surface area contributed by atoms with E-state index in [2.05, 4.69) is 26.6 Å². The van der Waals surface area contributed by atoms with Crippen molar-refractivity contribution in [3.63, 3.8) is 0 Å². The summed E-state index contributed by atoms with van der Waals surface area (Å²) in [4.78, 5) is 34.3. The van der Waals surface area contributed by atoms with E-state index in [9.17, 15) is 14.4 Å². The second-order valence-corrected chi connectivity index (χ2v) is 5.63. The zero-order valence-corrected chi connectivity index (χ0v) is 13.0. The number of hydrogen-bond acceptors (Lipinski definition) is 4. The number of rotatable bonds is 4. The molecule has 0 aromatic heterocycles. The van der Waals surface area contributed by atoms with E-state index in [1.165, 1.54) is 0 Å². The summed E-state index contributed by atoms with van der Waals surface area (Å²) in [5.41, 5.74) is 1.62. The second kappa shape index (κ2) is 6.71. The van der Waals surface area contributed by atoms with Crippen LogP contribution in [0.1, 0.15) is 18.4 Å². The van der Waals surface area contributed by atoms with Crippen molar-refractivity contribution in [2.75, 3.05) is 11.9 Å². The van der Waals surface area contributed by atoms with Crippen LogP contribution in [0, 0.1) is 6.92 Å². The van der Waals surface area contributed by atoms with Gasteiger partial charge in [-0.05, 0) is 37.1 Å². The van der Waals surface area contributed by atoms with Gasteiger partial charge in [0.1, 0.15) is 6.04 Å². The van der Waals surface area contributed by atoms with Crippen LogP contribution in [0.25, 0.3) is 0 Å². The largest absolute Gasteiger partial charge is 0.454 e. The maximum Gasteiger partial charge on any atom is 0.329 e. The van der Waals surface area contributed by atoms with Crippen molar-refractivity contribution in [3.05, 3.63) is 28.2 Å². The molecule has 2 rings (SSSR count). The standard InChI is InChI=1S/C14H15BrN2O4/c1-8-6-9(2-3-10(8)15)16-13(19)7-21-14(20)11-4-5-12(18)17-11/h2-3,6,11H,4-5,7H2,1H3,(H,16,19)(H,17,18)/t11-/m0/s1. The summed E-state index contributed by atoms with van der Waals surface area (Å²) in [5, 5.41) is 5.13. The van der Waals surface area contributed by atoms with Crippen molar-refractivity contribution in [1.82, 2.24) is 5.32 Å². The monoisotopic (exact) mass is 354 g/mol. The fourth-order valence-electron chi connectivity index (χ4n) is 1.95. The van der Waals surface area contributed by atoms with Gasteiger partial charge in [0.25, 0.3) is 5.91 Å². The molecule has 21 heavy (non-hydrogen) atoms. The van der Waals surface area contributed by atoms with E-state index in [1.807, 2.05) is 13.0 Å². The molecule has 0 aliphatic carbocycles. The minimum absolute atomic E-state index is 0.174. The molecule has 1 heterocycles. The average molecular weight is 355 g/mol. The van der Waals surface area contributed by atoms with Crippen LogP contribution in [0.4, 0.5) is 5.69 Å². The van der Waals surface area contributed by atoms with Crippen LogP contribution < -0.4 is 10.6 Å². The zero-order valence-electron chi connectivity index (χ0n) is 11.4. The van der Waals surface area contributed by atoms with Gasteiger partial charge in [0.15, 0.2) is 6.61 Å². The van der Waals surface area contributed by atoms with E-state index in [-0.39, 0.29) is 12.5 Å². The highest BCUT2D eigenvalue weighted by molar-refractivity contribution is 9.10. The maximum atomic E-state index is 11.7. The molecule has 1 fully saturated rings. The highest BCUT2D eigenvalue weighted by Gasteiger charge is 2.28. The fourth-order valence-corrected chi connectivity index (χ4v) is 2.19. The first-order chi connectivity index (χ1) is 9.95. The number of ether oxygens (including phenoxy) is 1. The van der Waals surface area contributed by atoms with Crippen molar-refractivity contribution >= 4 is 39.4 Å². The quantitative estimate of drug-likeness (QED) is 0.802. The van der Waals surface area contributed by atoms with Crippen LogP contribution in [0.5, 0.6) is 0 Å². The van der Waals surface area contributed by atoms with Gasteiger partial charge in [-0.25, -0.2) is 4.79 Å². The Morgan fingerprint density at radius 1 is 1.48 bits per heavy atom. The number of hydrogen-bond donors (Lipinski definition) is 2. The maximum absolute atomic E-state index is 11.7. The highest BCUT2D eigenvalue weighted by Crippen LogP contribution is 2.19. The molecule has 0 saturated carbocycles. The number of nitrogens with one attached hydrogen (secondary N) is 2. The average Bonchev–Trinajstić information content (AvgIpc) is 2.87. The van der Waals surface area contributed by atoms with Crippen LogP contribution in [0.3, 0.4) is 0 Å². The summed E-state index contributed by atoms with van der Waals surface area (Å²) in [6.45, 7) is 1.53. The first-order valence-corrected chi connectivity index (χ1v) is 7.27. The zero-order chi connectivity index (χ0) is 15.4. The molecule has 1 aromatic rings. The van der Waals surface area contributed by atoms with Gasteiger partial charge in [0.05, 0.1) is 0 Å². The molecule has 2 N–H and O–H groups in total. The first-order valence-electron chi connectivity index (χ1n) is 6.47. The fraction of sp³-hybridized carbons (Fsp3) is 0.357. The molecular weight excluding hydrogens is 340 g/mol. The van der Waals surface area contributed by atoms with Crippen LogP contribution in [0.15, 0.2) is 22.7 Å². The number of esters is 1. The van der Waals surface area contributed by atoms with Crippen molar-refractivity contribution in [1.29, 1.82) is 0 Å². The summed E-state index contributed by atoms with van der Waals surface area (Å²) in [7, 11) is 0. The summed E-state index contributed by atoms with van der Waals surface area (Å²) in [6, 6.07) is 4.74. The molecular formula is C14H15BrN2O4. The molecule has 2 amide bonds. The Morgan fingerprint density at radius 3 is 2.86 bits per heavy atom. The van der Waals surface area contributed by atoms with Crippen LogP contribution >= 0.6 is 15.9 Å². The van der Waals surface area contributed by atoms with E-state index in [1.54, 1.807) is 12.1 Å². The molecule has 0 unspecified atom stereocenters. The Bertz CT molecular complexity index is 588. The van der Waals surface area contributed by atoms with Crippen molar-refractivity contribution in [3.8, 4) is 0 Å². The van der Waals surface area contributed by atoms with Gasteiger partial charge >= 0.3 is 5.97 Å². The molecule has 0 radical (unpaired) electrons. The molecule has 112 valence electrons. The molecule has 1 saturated heterocycles. The van der Waals surface area contributed by atoms with E-state index in [4.69, 9.17) is 4.74 Å². The van der Waals surface area contributed by atoms with Gasteiger partial charge < -0.3 is 15.4 Å². The lowest BCUT2D eigenvalue weighted by Gasteiger charge is -2.11. The predicted molar refractivity (Wildman–Crippen MR) is 79.6 cm³/mol. The van der Waals surface area contributed by atoms with Crippen molar-refractivity contribution in [2.45, 2.75) is 25.8 Å². The Labute approximate surface area is 130 Å². The molecule has 1 atom stereocenters. The molecule has 6 nitrogen and oxygen atoms in total. The Morgan fingerprint density at radius 2 is 2.24 bits per heavy atom. The van der Waals surface area contributed by atoms with E-state index < -0.39 is 17.9 Å². The number of carbonyl (C=O) groups is 3. The Hall–Kier alpha value is -1.89. The first kappa shape index (κ1) is 15.5. The van der Waals surface area contributed by atoms with Gasteiger partial charge in [-0.15, -0.1) is 0 Å². The highest BCUT2D eigenvalue weighted by atomic mass is 79.9. The predicted octanol–water partition coefficient (Wildman–Crippen LogP) is 1.52. The number of carbonyl (C=O) groups excluding carboxylic acids is 3. The van der Waals surface area contributed by atoms with Crippen molar-refractivity contribution < 1.29 is 19.1 Å². The minimum Gasteiger partial charge on any atom is -0.454 e. The number of benzene rings is 1. The normalized spacial score (nSPS) is 17.2. The Kier molecular flexibility index (Phi) is 4.95. The summed E-state index contributed by atoms with van der Waals surface area (Å²) in [5.74, 6) is -1.18. The van der Waals surface area contributed by atoms with Gasteiger partial charge in [-0.1, -0.05) is 15.9 Å². The molecule has 0 spiro atoms. The summed E-state index contributed by atoms with van der Waals surface area (Å²) in [6.07, 6.45) is 0.718. The number of amides is 2. The lowest BCUT2D eigenvalue weighted by molar-refractivity contribution is -0.149. The topological polar surface area (TPSA) is 84.5 Å². The lowest BCUT2D eigenvalue weighted by Crippen LogP contribution is -2.36. The molecule has 1 aliphatic rings. The third-order valence-electron chi connectivity index (χ3n) is 3.07. The lowest BCUT2D eigenvalue weighted by atomic mass is 10.2. The number of anilines is 1. The van der Waals surface area contributed by atoms with E-state index >= 15 is 0 Å².